The second kappa shape index (κ2) is 9.48. The molecule has 0 aliphatic carbocycles. The monoisotopic (exact) mass is 432 g/mol. The smallest absolute Gasteiger partial charge is 0.217 e. The van der Waals surface area contributed by atoms with Crippen LogP contribution in [0.3, 0.4) is 0 Å². The maximum Gasteiger partial charge on any atom is 0.217 e. The summed E-state index contributed by atoms with van der Waals surface area (Å²) in [6.07, 6.45) is 2.09. The lowest BCUT2D eigenvalue weighted by Crippen LogP contribution is -2.10. The molecule has 2 aromatic carbocycles. The van der Waals surface area contributed by atoms with Gasteiger partial charge in [-0.2, -0.15) is 0 Å². The third kappa shape index (κ3) is 4.74. The summed E-state index contributed by atoms with van der Waals surface area (Å²) in [7, 11) is 0. The van der Waals surface area contributed by atoms with E-state index >= 15 is 0 Å². The lowest BCUT2D eigenvalue weighted by atomic mass is 9.88. The zero-order chi connectivity index (χ0) is 22.8. The molecule has 32 heavy (non-hydrogen) atoms. The normalized spacial score (nSPS) is 20.4. The van der Waals surface area contributed by atoms with Crippen molar-refractivity contribution in [2.45, 2.75) is 66.5 Å². The van der Waals surface area contributed by atoms with Crippen molar-refractivity contribution in [1.29, 1.82) is 0 Å². The molecular formula is C28H36N2O2. The molecule has 0 saturated heterocycles. The van der Waals surface area contributed by atoms with E-state index in [-0.39, 0.29) is 12.1 Å². The van der Waals surface area contributed by atoms with Gasteiger partial charge in [0.1, 0.15) is 13.2 Å². The second-order valence-electron chi connectivity index (χ2n) is 10.1. The van der Waals surface area contributed by atoms with Crippen LogP contribution in [0.2, 0.25) is 0 Å². The first kappa shape index (κ1) is 22.6. The number of aryl methyl sites for hydroxylation is 2. The van der Waals surface area contributed by atoms with E-state index in [1.54, 1.807) is 0 Å². The molecule has 2 aliphatic heterocycles. The van der Waals surface area contributed by atoms with Crippen LogP contribution >= 0.6 is 0 Å². The highest BCUT2D eigenvalue weighted by Crippen LogP contribution is 2.36. The largest absolute Gasteiger partial charge is 0.475 e. The summed E-state index contributed by atoms with van der Waals surface area (Å²) in [5.74, 6) is 2.72. The van der Waals surface area contributed by atoms with Crippen molar-refractivity contribution in [3.63, 3.8) is 0 Å². The van der Waals surface area contributed by atoms with Gasteiger partial charge in [-0.05, 0) is 72.9 Å². The second-order valence-corrected chi connectivity index (χ2v) is 10.1. The fraction of sp³-hybridized carbons (Fsp3) is 0.500. The number of nitrogens with zero attached hydrogens (tertiary/aromatic N) is 2. The zero-order valence-electron chi connectivity index (χ0n) is 20.3. The first-order chi connectivity index (χ1) is 15.3. The van der Waals surface area contributed by atoms with Crippen LogP contribution in [0.4, 0.5) is 0 Å². The summed E-state index contributed by atoms with van der Waals surface area (Å²) in [5.41, 5.74) is 6.86. The molecular weight excluding hydrogens is 396 g/mol. The molecule has 2 unspecified atom stereocenters. The van der Waals surface area contributed by atoms with Crippen LogP contribution in [0.1, 0.15) is 62.8 Å². The average Bonchev–Trinajstić information content (AvgIpc) is 3.37. The van der Waals surface area contributed by atoms with Gasteiger partial charge in [0.05, 0.1) is 12.1 Å². The van der Waals surface area contributed by atoms with Crippen molar-refractivity contribution in [3.05, 3.63) is 58.7 Å². The predicted molar refractivity (Wildman–Crippen MR) is 133 cm³/mol. The molecule has 2 heterocycles. The number of hydrogen-bond donors (Lipinski definition) is 0. The molecule has 0 aromatic heterocycles. The van der Waals surface area contributed by atoms with Gasteiger partial charge in [-0.1, -0.05) is 52.0 Å². The van der Waals surface area contributed by atoms with E-state index < -0.39 is 0 Å². The van der Waals surface area contributed by atoms with Gasteiger partial charge in [0.2, 0.25) is 11.8 Å². The highest BCUT2D eigenvalue weighted by molar-refractivity contribution is 6.08. The number of benzene rings is 2. The Balaban J connectivity index is 1.79. The SMILES string of the molecule is Cc1cccc(C2=NC(CC(C)C)CO2)c1-c1c(C)cccc1C1=NC(CC(C)C)CO1. The van der Waals surface area contributed by atoms with Crippen molar-refractivity contribution in [1.82, 2.24) is 0 Å². The molecule has 0 spiro atoms. The number of aliphatic imine (C=N–C) groups is 2. The summed E-state index contributed by atoms with van der Waals surface area (Å²) in [6, 6.07) is 13.2. The molecule has 4 nitrogen and oxygen atoms in total. The fourth-order valence-electron chi connectivity index (χ4n) is 4.81. The van der Waals surface area contributed by atoms with Crippen molar-refractivity contribution in [2.75, 3.05) is 13.2 Å². The molecule has 2 aliphatic rings. The molecule has 4 rings (SSSR count). The molecule has 0 N–H and O–H groups in total. The van der Waals surface area contributed by atoms with E-state index in [9.17, 15) is 0 Å². The minimum atomic E-state index is 0.231. The summed E-state index contributed by atoms with van der Waals surface area (Å²) < 4.78 is 12.2. The third-order valence-electron chi connectivity index (χ3n) is 6.17. The minimum Gasteiger partial charge on any atom is -0.475 e. The highest BCUT2D eigenvalue weighted by Gasteiger charge is 2.28. The van der Waals surface area contributed by atoms with Crippen molar-refractivity contribution in [2.24, 2.45) is 21.8 Å². The zero-order valence-corrected chi connectivity index (χ0v) is 20.3. The van der Waals surface area contributed by atoms with E-state index in [1.807, 2.05) is 0 Å². The molecule has 2 aromatic rings. The van der Waals surface area contributed by atoms with Gasteiger partial charge in [-0.3, -0.25) is 0 Å². The summed E-state index contributed by atoms with van der Waals surface area (Å²) in [4.78, 5) is 9.92. The van der Waals surface area contributed by atoms with Crippen LogP contribution in [0.25, 0.3) is 11.1 Å². The Morgan fingerprint density at radius 3 is 1.50 bits per heavy atom. The summed E-state index contributed by atoms with van der Waals surface area (Å²) in [6.45, 7) is 14.6. The van der Waals surface area contributed by atoms with Gasteiger partial charge in [0, 0.05) is 11.1 Å². The van der Waals surface area contributed by atoms with Crippen molar-refractivity contribution in [3.8, 4) is 11.1 Å². The fourth-order valence-corrected chi connectivity index (χ4v) is 4.81. The van der Waals surface area contributed by atoms with Crippen LogP contribution < -0.4 is 0 Å². The van der Waals surface area contributed by atoms with Gasteiger partial charge in [-0.25, -0.2) is 9.98 Å². The Kier molecular flexibility index (Phi) is 6.68. The number of rotatable bonds is 7. The van der Waals surface area contributed by atoms with Gasteiger partial charge in [0.15, 0.2) is 0 Å². The minimum absolute atomic E-state index is 0.231. The molecule has 0 saturated carbocycles. The van der Waals surface area contributed by atoms with Crippen LogP contribution in [0.5, 0.6) is 0 Å². The van der Waals surface area contributed by atoms with Gasteiger partial charge in [0.25, 0.3) is 0 Å². The first-order valence-electron chi connectivity index (χ1n) is 11.9. The maximum atomic E-state index is 6.12. The van der Waals surface area contributed by atoms with Crippen LogP contribution in [0.15, 0.2) is 46.4 Å². The van der Waals surface area contributed by atoms with E-state index in [2.05, 4.69) is 77.9 Å². The lowest BCUT2D eigenvalue weighted by Gasteiger charge is -2.18. The van der Waals surface area contributed by atoms with E-state index in [1.165, 1.54) is 22.3 Å². The van der Waals surface area contributed by atoms with E-state index in [0.717, 1.165) is 35.8 Å². The molecule has 170 valence electrons. The standard InChI is InChI=1S/C28H36N2O2/c1-17(2)13-21-15-31-27(29-21)23-11-7-9-19(5)25(23)26-20(6)10-8-12-24(26)28-30-22(16-32-28)14-18(3)4/h7-12,17-18,21-22H,13-16H2,1-6H3. The molecule has 4 heteroatoms. The topological polar surface area (TPSA) is 43.2 Å². The van der Waals surface area contributed by atoms with E-state index in [4.69, 9.17) is 19.5 Å². The highest BCUT2D eigenvalue weighted by atomic mass is 16.5. The average molecular weight is 433 g/mol. The molecule has 0 fully saturated rings. The number of ether oxygens (including phenoxy) is 2. The lowest BCUT2D eigenvalue weighted by molar-refractivity contribution is 0.301. The predicted octanol–water partition coefficient (Wildman–Crippen LogP) is 6.35. The van der Waals surface area contributed by atoms with Crippen molar-refractivity contribution < 1.29 is 9.47 Å². The van der Waals surface area contributed by atoms with Gasteiger partial charge >= 0.3 is 0 Å². The van der Waals surface area contributed by atoms with Gasteiger partial charge in [-0.15, -0.1) is 0 Å². The Hall–Kier alpha value is -2.62. The summed E-state index contributed by atoms with van der Waals surface area (Å²) in [5, 5.41) is 0. The quantitative estimate of drug-likeness (QED) is 0.511. The Morgan fingerprint density at radius 1 is 0.719 bits per heavy atom. The molecule has 2 atom stereocenters. The Labute approximate surface area is 192 Å². The molecule has 0 bridgehead atoms. The molecule has 0 radical (unpaired) electrons. The number of hydrogen-bond acceptors (Lipinski definition) is 4. The van der Waals surface area contributed by atoms with E-state index in [0.29, 0.717) is 25.0 Å². The Bertz CT molecular complexity index is 952. The van der Waals surface area contributed by atoms with Gasteiger partial charge < -0.3 is 9.47 Å². The van der Waals surface area contributed by atoms with Crippen LogP contribution in [-0.4, -0.2) is 37.1 Å². The van der Waals surface area contributed by atoms with Crippen molar-refractivity contribution >= 4 is 11.8 Å². The van der Waals surface area contributed by atoms with Crippen LogP contribution in [0, 0.1) is 25.7 Å². The van der Waals surface area contributed by atoms with Crippen LogP contribution in [-0.2, 0) is 9.47 Å². The summed E-state index contributed by atoms with van der Waals surface area (Å²) >= 11 is 0. The first-order valence-corrected chi connectivity index (χ1v) is 11.9. The maximum absolute atomic E-state index is 6.12. The Morgan fingerprint density at radius 2 is 1.12 bits per heavy atom. The third-order valence-corrected chi connectivity index (χ3v) is 6.17. The molecule has 0 amide bonds.